The minimum atomic E-state index is 0.0247. The topological polar surface area (TPSA) is 72.7 Å². The molecule has 2 aromatic rings. The SMILES string of the molecule is Cc1nn(-c2ncccn2)c2c1C(C1CCCCC1)SCC(=O)N2. The Labute approximate surface area is 145 Å². The molecule has 0 spiro atoms. The van der Waals surface area contributed by atoms with Gasteiger partial charge in [0.25, 0.3) is 5.95 Å². The zero-order valence-corrected chi connectivity index (χ0v) is 14.6. The predicted octanol–water partition coefficient (Wildman–Crippen LogP) is 3.28. The summed E-state index contributed by atoms with van der Waals surface area (Å²) in [6, 6.07) is 1.78. The lowest BCUT2D eigenvalue weighted by Gasteiger charge is -2.29. The Hall–Kier alpha value is -1.89. The summed E-state index contributed by atoms with van der Waals surface area (Å²) in [4.78, 5) is 20.8. The van der Waals surface area contributed by atoms with Crippen LogP contribution in [0.5, 0.6) is 0 Å². The molecule has 2 aliphatic rings. The van der Waals surface area contributed by atoms with Gasteiger partial charge < -0.3 is 5.32 Å². The number of carbonyl (C=O) groups is 1. The van der Waals surface area contributed by atoms with Gasteiger partial charge in [0, 0.05) is 23.2 Å². The number of nitrogens with zero attached hydrogens (tertiary/aromatic N) is 4. The molecule has 1 fully saturated rings. The molecule has 2 aromatic heterocycles. The molecule has 0 bridgehead atoms. The van der Waals surface area contributed by atoms with Crippen LogP contribution in [0.2, 0.25) is 0 Å². The summed E-state index contributed by atoms with van der Waals surface area (Å²) in [5.41, 5.74) is 2.12. The number of hydrogen-bond acceptors (Lipinski definition) is 5. The molecule has 1 saturated carbocycles. The Balaban J connectivity index is 1.80. The van der Waals surface area contributed by atoms with Crippen molar-refractivity contribution in [2.24, 2.45) is 5.92 Å². The first kappa shape index (κ1) is 15.6. The van der Waals surface area contributed by atoms with Crippen LogP contribution in [0.3, 0.4) is 0 Å². The van der Waals surface area contributed by atoms with Gasteiger partial charge in [-0.25, -0.2) is 9.97 Å². The van der Waals surface area contributed by atoms with E-state index in [4.69, 9.17) is 0 Å². The Morgan fingerprint density at radius 2 is 1.96 bits per heavy atom. The van der Waals surface area contributed by atoms with Gasteiger partial charge in [0.15, 0.2) is 0 Å². The van der Waals surface area contributed by atoms with E-state index in [1.165, 1.54) is 32.1 Å². The Kier molecular flexibility index (Phi) is 4.26. The van der Waals surface area contributed by atoms with E-state index in [-0.39, 0.29) is 5.91 Å². The molecule has 0 saturated heterocycles. The Morgan fingerprint density at radius 3 is 2.71 bits per heavy atom. The smallest absolute Gasteiger partial charge is 0.252 e. The average Bonchev–Trinajstić information content (AvgIpc) is 2.83. The average molecular weight is 343 g/mol. The van der Waals surface area contributed by atoms with Gasteiger partial charge in [-0.3, -0.25) is 4.79 Å². The Bertz CT molecular complexity index is 739. The standard InChI is InChI=1S/C17H21N5OS/c1-11-14-15(12-6-3-2-4-7-12)24-10-13(23)20-16(14)22(21-11)17-18-8-5-9-19-17/h5,8-9,12,15H,2-4,6-7,10H2,1H3,(H,20,23). The van der Waals surface area contributed by atoms with Gasteiger partial charge in [0.1, 0.15) is 5.82 Å². The molecular weight excluding hydrogens is 322 g/mol. The number of aromatic nitrogens is 4. The molecule has 0 aromatic carbocycles. The molecule has 3 heterocycles. The summed E-state index contributed by atoms with van der Waals surface area (Å²) in [6.45, 7) is 2.02. The number of aryl methyl sites for hydroxylation is 1. The largest absolute Gasteiger partial charge is 0.309 e. The maximum absolute atomic E-state index is 12.3. The summed E-state index contributed by atoms with van der Waals surface area (Å²) < 4.78 is 1.68. The van der Waals surface area contributed by atoms with Crippen LogP contribution in [0.1, 0.15) is 48.6 Å². The van der Waals surface area contributed by atoms with Crippen LogP contribution in [0.4, 0.5) is 5.82 Å². The van der Waals surface area contributed by atoms with E-state index >= 15 is 0 Å². The normalized spacial score (nSPS) is 21.9. The van der Waals surface area contributed by atoms with Crippen molar-refractivity contribution in [1.29, 1.82) is 0 Å². The lowest BCUT2D eigenvalue weighted by molar-refractivity contribution is -0.113. The number of fused-ring (bicyclic) bond motifs is 1. The van der Waals surface area contributed by atoms with E-state index in [1.807, 2.05) is 6.92 Å². The highest BCUT2D eigenvalue weighted by atomic mass is 32.2. The fourth-order valence-electron chi connectivity index (χ4n) is 3.77. The first-order valence-corrected chi connectivity index (χ1v) is 9.57. The lowest BCUT2D eigenvalue weighted by Crippen LogP contribution is -2.16. The van der Waals surface area contributed by atoms with Crippen molar-refractivity contribution < 1.29 is 4.79 Å². The van der Waals surface area contributed by atoms with Gasteiger partial charge in [-0.15, -0.1) is 11.8 Å². The van der Waals surface area contributed by atoms with E-state index < -0.39 is 0 Å². The van der Waals surface area contributed by atoms with E-state index in [2.05, 4.69) is 20.4 Å². The molecule has 24 heavy (non-hydrogen) atoms. The first-order chi connectivity index (χ1) is 11.7. The van der Waals surface area contributed by atoms with Crippen molar-refractivity contribution in [2.75, 3.05) is 11.1 Å². The second-order valence-electron chi connectivity index (χ2n) is 6.49. The minimum absolute atomic E-state index is 0.0247. The molecule has 6 nitrogen and oxygen atoms in total. The molecule has 0 radical (unpaired) electrons. The number of nitrogens with one attached hydrogen (secondary N) is 1. The van der Waals surface area contributed by atoms with Crippen LogP contribution in [0.25, 0.3) is 5.95 Å². The van der Waals surface area contributed by atoms with Crippen LogP contribution in [-0.2, 0) is 4.79 Å². The van der Waals surface area contributed by atoms with Gasteiger partial charge in [-0.1, -0.05) is 19.3 Å². The van der Waals surface area contributed by atoms with Crippen molar-refractivity contribution in [3.63, 3.8) is 0 Å². The highest BCUT2D eigenvalue weighted by Crippen LogP contribution is 2.48. The van der Waals surface area contributed by atoms with Crippen LogP contribution in [0.15, 0.2) is 18.5 Å². The quantitative estimate of drug-likeness (QED) is 0.906. The first-order valence-electron chi connectivity index (χ1n) is 8.52. The molecule has 1 N–H and O–H groups in total. The third-order valence-electron chi connectivity index (χ3n) is 4.86. The van der Waals surface area contributed by atoms with Gasteiger partial charge >= 0.3 is 0 Å². The molecule has 1 atom stereocenters. The number of rotatable bonds is 2. The highest BCUT2D eigenvalue weighted by molar-refractivity contribution is 8.00. The van der Waals surface area contributed by atoms with E-state index in [1.54, 1.807) is 34.9 Å². The van der Waals surface area contributed by atoms with Crippen LogP contribution in [0, 0.1) is 12.8 Å². The predicted molar refractivity (Wildman–Crippen MR) is 94.3 cm³/mol. The van der Waals surface area contributed by atoms with Gasteiger partial charge in [0.05, 0.1) is 11.4 Å². The highest BCUT2D eigenvalue weighted by Gasteiger charge is 2.35. The fourth-order valence-corrected chi connectivity index (χ4v) is 5.17. The van der Waals surface area contributed by atoms with Crippen molar-refractivity contribution >= 4 is 23.5 Å². The second kappa shape index (κ2) is 6.55. The van der Waals surface area contributed by atoms with E-state index in [0.717, 1.165) is 17.1 Å². The maximum atomic E-state index is 12.3. The fraction of sp³-hybridized carbons (Fsp3) is 0.529. The molecule has 1 unspecified atom stereocenters. The summed E-state index contributed by atoms with van der Waals surface area (Å²) >= 11 is 1.76. The second-order valence-corrected chi connectivity index (χ2v) is 7.62. The van der Waals surface area contributed by atoms with E-state index in [0.29, 0.717) is 22.9 Å². The zero-order chi connectivity index (χ0) is 16.5. The summed E-state index contributed by atoms with van der Waals surface area (Å²) in [7, 11) is 0. The number of thioether (sulfide) groups is 1. The zero-order valence-electron chi connectivity index (χ0n) is 13.7. The minimum Gasteiger partial charge on any atom is -0.309 e. The summed E-state index contributed by atoms with van der Waals surface area (Å²) in [5, 5.41) is 8.00. The van der Waals surface area contributed by atoms with Crippen molar-refractivity contribution in [3.05, 3.63) is 29.7 Å². The van der Waals surface area contributed by atoms with Crippen LogP contribution >= 0.6 is 11.8 Å². The van der Waals surface area contributed by atoms with Crippen LogP contribution in [-0.4, -0.2) is 31.4 Å². The molecule has 7 heteroatoms. The monoisotopic (exact) mass is 343 g/mol. The number of amides is 1. The van der Waals surface area contributed by atoms with Crippen molar-refractivity contribution in [2.45, 2.75) is 44.3 Å². The summed E-state index contributed by atoms with van der Waals surface area (Å²) in [5.74, 6) is 2.38. The molecule has 126 valence electrons. The molecule has 4 rings (SSSR count). The number of carbonyl (C=O) groups excluding carboxylic acids is 1. The third-order valence-corrected chi connectivity index (χ3v) is 6.27. The summed E-state index contributed by atoms with van der Waals surface area (Å²) in [6.07, 6.45) is 9.75. The van der Waals surface area contributed by atoms with Gasteiger partial charge in [-0.05, 0) is 31.7 Å². The molecule has 1 aliphatic carbocycles. The van der Waals surface area contributed by atoms with Crippen molar-refractivity contribution in [1.82, 2.24) is 19.7 Å². The van der Waals surface area contributed by atoms with Gasteiger partial charge in [0.2, 0.25) is 5.91 Å². The van der Waals surface area contributed by atoms with Crippen molar-refractivity contribution in [3.8, 4) is 5.95 Å². The maximum Gasteiger partial charge on any atom is 0.252 e. The van der Waals surface area contributed by atoms with Gasteiger partial charge in [-0.2, -0.15) is 9.78 Å². The lowest BCUT2D eigenvalue weighted by atomic mass is 9.84. The Morgan fingerprint density at radius 1 is 1.21 bits per heavy atom. The third kappa shape index (κ3) is 2.81. The van der Waals surface area contributed by atoms with Crippen LogP contribution < -0.4 is 5.32 Å². The molecular formula is C17H21N5OS. The molecule has 1 aliphatic heterocycles. The number of hydrogen-bond donors (Lipinski definition) is 1. The molecule has 1 amide bonds. The van der Waals surface area contributed by atoms with E-state index in [9.17, 15) is 4.79 Å². The number of anilines is 1.